The first-order chi connectivity index (χ1) is 8.40. The van der Waals surface area contributed by atoms with Gasteiger partial charge in [0, 0.05) is 11.8 Å². The maximum absolute atomic E-state index is 9.32. The molecule has 0 saturated carbocycles. The number of rotatable bonds is 2. The van der Waals surface area contributed by atoms with Crippen molar-refractivity contribution in [1.82, 2.24) is 9.38 Å². The molecule has 0 spiro atoms. The molecule has 3 rings (SSSR count). The van der Waals surface area contributed by atoms with Crippen LogP contribution in [0.4, 0.5) is 0 Å². The van der Waals surface area contributed by atoms with Crippen molar-refractivity contribution in [1.29, 1.82) is 0 Å². The van der Waals surface area contributed by atoms with Gasteiger partial charge in [-0.25, -0.2) is 4.98 Å². The molecule has 0 aliphatic heterocycles. The van der Waals surface area contributed by atoms with Crippen LogP contribution in [0.1, 0.15) is 5.69 Å². The molecule has 1 aromatic carbocycles. The van der Waals surface area contributed by atoms with Crippen molar-refractivity contribution in [3.8, 4) is 11.4 Å². The third kappa shape index (κ3) is 1.61. The van der Waals surface area contributed by atoms with Gasteiger partial charge in [0.2, 0.25) is 0 Å². The molecule has 2 aromatic heterocycles. The fourth-order valence-electron chi connectivity index (χ4n) is 2.01. The number of hydrogen-bond acceptors (Lipinski definition) is 2. The summed E-state index contributed by atoms with van der Waals surface area (Å²) in [5, 5.41) is 9.32. The van der Waals surface area contributed by atoms with Gasteiger partial charge >= 0.3 is 0 Å². The van der Waals surface area contributed by atoms with Crippen molar-refractivity contribution in [3.63, 3.8) is 0 Å². The molecule has 84 valence electrons. The molecule has 0 fully saturated rings. The number of aromatic nitrogens is 2. The lowest BCUT2D eigenvalue weighted by Gasteiger charge is -1.99. The number of fused-ring (bicyclic) bond motifs is 1. The zero-order valence-corrected chi connectivity index (χ0v) is 9.24. The van der Waals surface area contributed by atoms with Crippen molar-refractivity contribution < 1.29 is 5.11 Å². The second-order valence-electron chi connectivity index (χ2n) is 3.86. The third-order valence-electron chi connectivity index (χ3n) is 2.81. The zero-order chi connectivity index (χ0) is 11.7. The summed E-state index contributed by atoms with van der Waals surface area (Å²) in [6.07, 6.45) is 1.96. The summed E-state index contributed by atoms with van der Waals surface area (Å²) in [7, 11) is 0. The van der Waals surface area contributed by atoms with Crippen LogP contribution in [-0.2, 0) is 6.61 Å². The summed E-state index contributed by atoms with van der Waals surface area (Å²) in [5.74, 6) is 0.866. The molecule has 17 heavy (non-hydrogen) atoms. The number of aliphatic hydroxyl groups excluding tert-OH is 1. The fraction of sp³-hybridized carbons (Fsp3) is 0.0714. The van der Waals surface area contributed by atoms with Gasteiger partial charge in [-0.2, -0.15) is 0 Å². The van der Waals surface area contributed by atoms with E-state index in [4.69, 9.17) is 0 Å². The van der Waals surface area contributed by atoms with Gasteiger partial charge in [-0.3, -0.25) is 4.40 Å². The molecule has 0 aliphatic rings. The number of imidazole rings is 1. The average molecular weight is 224 g/mol. The van der Waals surface area contributed by atoms with E-state index in [1.807, 2.05) is 59.1 Å². The molecule has 0 unspecified atom stereocenters. The molecule has 1 N–H and O–H groups in total. The van der Waals surface area contributed by atoms with Crippen LogP contribution >= 0.6 is 0 Å². The van der Waals surface area contributed by atoms with Gasteiger partial charge in [0.15, 0.2) is 0 Å². The first-order valence-corrected chi connectivity index (χ1v) is 5.52. The minimum absolute atomic E-state index is 0.0413. The number of pyridine rings is 1. The smallest absolute Gasteiger partial charge is 0.144 e. The van der Waals surface area contributed by atoms with Gasteiger partial charge in [0.05, 0.1) is 17.8 Å². The monoisotopic (exact) mass is 224 g/mol. The zero-order valence-electron chi connectivity index (χ0n) is 9.24. The van der Waals surface area contributed by atoms with E-state index < -0.39 is 0 Å². The van der Waals surface area contributed by atoms with Gasteiger partial charge in [-0.05, 0) is 12.1 Å². The van der Waals surface area contributed by atoms with Crippen LogP contribution < -0.4 is 0 Å². The highest BCUT2D eigenvalue weighted by Crippen LogP contribution is 2.22. The SMILES string of the molecule is OCc1nc(-c2ccccc2)n2ccccc12. The molecular weight excluding hydrogens is 212 g/mol. The Morgan fingerprint density at radius 3 is 2.53 bits per heavy atom. The molecule has 0 bridgehead atoms. The molecule has 0 amide bonds. The van der Waals surface area contributed by atoms with E-state index in [1.54, 1.807) is 0 Å². The lowest BCUT2D eigenvalue weighted by molar-refractivity contribution is 0.279. The fourth-order valence-corrected chi connectivity index (χ4v) is 2.01. The number of aliphatic hydroxyl groups is 1. The van der Waals surface area contributed by atoms with Crippen LogP contribution in [0.2, 0.25) is 0 Å². The largest absolute Gasteiger partial charge is 0.390 e. The Hall–Kier alpha value is -2.13. The predicted octanol–water partition coefficient (Wildman–Crippen LogP) is 2.49. The molecule has 0 saturated heterocycles. The molecule has 3 heteroatoms. The molecule has 2 heterocycles. The number of hydrogen-bond donors (Lipinski definition) is 1. The Balaban J connectivity index is 2.31. The van der Waals surface area contributed by atoms with E-state index in [2.05, 4.69) is 4.98 Å². The van der Waals surface area contributed by atoms with Crippen LogP contribution in [0.5, 0.6) is 0 Å². The molecule has 0 radical (unpaired) electrons. The van der Waals surface area contributed by atoms with Crippen molar-refractivity contribution in [2.75, 3.05) is 0 Å². The summed E-state index contributed by atoms with van der Waals surface area (Å²) >= 11 is 0. The molecule has 3 nitrogen and oxygen atoms in total. The Morgan fingerprint density at radius 2 is 1.76 bits per heavy atom. The summed E-state index contributed by atoms with van der Waals surface area (Å²) in [5.41, 5.74) is 2.71. The van der Waals surface area contributed by atoms with Gasteiger partial charge in [-0.15, -0.1) is 0 Å². The van der Waals surface area contributed by atoms with E-state index in [-0.39, 0.29) is 6.61 Å². The van der Waals surface area contributed by atoms with Crippen molar-refractivity contribution in [3.05, 3.63) is 60.4 Å². The summed E-state index contributed by atoms with van der Waals surface area (Å²) in [4.78, 5) is 4.49. The van der Waals surface area contributed by atoms with E-state index >= 15 is 0 Å². The van der Waals surface area contributed by atoms with Crippen LogP contribution in [0.25, 0.3) is 16.9 Å². The Kier molecular flexibility index (Phi) is 2.38. The highest BCUT2D eigenvalue weighted by Gasteiger charge is 2.10. The summed E-state index contributed by atoms with van der Waals surface area (Å²) < 4.78 is 2.00. The Bertz CT molecular complexity index is 644. The van der Waals surface area contributed by atoms with Gasteiger partial charge in [-0.1, -0.05) is 36.4 Å². The first-order valence-electron chi connectivity index (χ1n) is 5.52. The third-order valence-corrected chi connectivity index (χ3v) is 2.81. The summed E-state index contributed by atoms with van der Waals surface area (Å²) in [6, 6.07) is 15.9. The van der Waals surface area contributed by atoms with Crippen LogP contribution in [0, 0.1) is 0 Å². The Labute approximate surface area is 99.0 Å². The van der Waals surface area contributed by atoms with Gasteiger partial charge in [0.25, 0.3) is 0 Å². The minimum Gasteiger partial charge on any atom is -0.390 e. The molecule has 0 atom stereocenters. The molecule has 0 aliphatic carbocycles. The van der Waals surface area contributed by atoms with E-state index in [0.29, 0.717) is 5.69 Å². The normalized spacial score (nSPS) is 10.9. The lowest BCUT2D eigenvalue weighted by atomic mass is 10.2. The maximum atomic E-state index is 9.32. The quantitative estimate of drug-likeness (QED) is 0.726. The first kappa shape index (κ1) is 10.1. The van der Waals surface area contributed by atoms with E-state index in [0.717, 1.165) is 16.9 Å². The van der Waals surface area contributed by atoms with Crippen molar-refractivity contribution in [2.24, 2.45) is 0 Å². The van der Waals surface area contributed by atoms with E-state index in [1.165, 1.54) is 0 Å². The number of nitrogens with zero attached hydrogens (tertiary/aromatic N) is 2. The predicted molar refractivity (Wildman–Crippen MR) is 66.6 cm³/mol. The van der Waals surface area contributed by atoms with Crippen LogP contribution in [0.15, 0.2) is 54.7 Å². The molecule has 3 aromatic rings. The second-order valence-corrected chi connectivity index (χ2v) is 3.86. The van der Waals surface area contributed by atoms with Crippen LogP contribution in [-0.4, -0.2) is 14.5 Å². The highest BCUT2D eigenvalue weighted by atomic mass is 16.3. The standard InChI is InChI=1S/C14H12N2O/c17-10-12-13-8-4-5-9-16(13)14(15-12)11-6-2-1-3-7-11/h1-9,17H,10H2. The highest BCUT2D eigenvalue weighted by molar-refractivity contribution is 5.65. The van der Waals surface area contributed by atoms with E-state index in [9.17, 15) is 5.11 Å². The maximum Gasteiger partial charge on any atom is 0.144 e. The average Bonchev–Trinajstić information content (AvgIpc) is 2.78. The summed E-state index contributed by atoms with van der Waals surface area (Å²) in [6.45, 7) is -0.0413. The number of benzene rings is 1. The molecular formula is C14H12N2O. The van der Waals surface area contributed by atoms with Crippen LogP contribution in [0.3, 0.4) is 0 Å². The van der Waals surface area contributed by atoms with Crippen molar-refractivity contribution in [2.45, 2.75) is 6.61 Å². The lowest BCUT2D eigenvalue weighted by Crippen LogP contribution is -1.87. The van der Waals surface area contributed by atoms with Crippen molar-refractivity contribution >= 4 is 5.52 Å². The minimum atomic E-state index is -0.0413. The van der Waals surface area contributed by atoms with Gasteiger partial charge < -0.3 is 5.11 Å². The topological polar surface area (TPSA) is 37.5 Å². The Morgan fingerprint density at radius 1 is 1.00 bits per heavy atom. The second kappa shape index (κ2) is 4.03. The van der Waals surface area contributed by atoms with Gasteiger partial charge in [0.1, 0.15) is 5.82 Å².